The van der Waals surface area contributed by atoms with Crippen molar-refractivity contribution in [2.45, 2.75) is 13.5 Å². The van der Waals surface area contributed by atoms with Crippen LogP contribution in [-0.2, 0) is 6.61 Å². The second-order valence-corrected chi connectivity index (χ2v) is 5.59. The van der Waals surface area contributed by atoms with Crippen molar-refractivity contribution >= 4 is 5.69 Å². The lowest BCUT2D eigenvalue weighted by Crippen LogP contribution is -2.00. The van der Waals surface area contributed by atoms with Gasteiger partial charge in [0.05, 0.1) is 24.7 Å². The van der Waals surface area contributed by atoms with Gasteiger partial charge in [0.2, 0.25) is 5.82 Å². The third-order valence-corrected chi connectivity index (χ3v) is 3.78. The molecule has 0 unspecified atom stereocenters. The van der Waals surface area contributed by atoms with Crippen LogP contribution < -0.4 is 14.2 Å². The number of hydrogen-bond donors (Lipinski definition) is 0. The van der Waals surface area contributed by atoms with Gasteiger partial charge in [0.25, 0.3) is 5.89 Å². The normalized spacial score (nSPS) is 10.5. The first-order chi connectivity index (χ1) is 13.0. The van der Waals surface area contributed by atoms with Gasteiger partial charge < -0.3 is 18.7 Å². The van der Waals surface area contributed by atoms with Gasteiger partial charge in [-0.1, -0.05) is 11.2 Å². The molecule has 2 aromatic carbocycles. The van der Waals surface area contributed by atoms with Crippen LogP contribution in [0.5, 0.6) is 17.2 Å². The Morgan fingerprint density at radius 3 is 2.63 bits per heavy atom. The molecule has 3 rings (SSSR count). The van der Waals surface area contributed by atoms with Crippen molar-refractivity contribution in [1.82, 2.24) is 10.1 Å². The molecule has 1 heterocycles. The van der Waals surface area contributed by atoms with Crippen molar-refractivity contribution in [3.8, 4) is 28.6 Å². The first kappa shape index (κ1) is 18.2. The average Bonchev–Trinajstić information content (AvgIpc) is 3.14. The second-order valence-electron chi connectivity index (χ2n) is 5.59. The van der Waals surface area contributed by atoms with Crippen molar-refractivity contribution in [1.29, 1.82) is 0 Å². The number of nitro groups is 1. The summed E-state index contributed by atoms with van der Waals surface area (Å²) < 4.78 is 21.2. The highest BCUT2D eigenvalue weighted by molar-refractivity contribution is 5.65. The molecule has 0 aliphatic heterocycles. The van der Waals surface area contributed by atoms with Crippen molar-refractivity contribution in [2.75, 3.05) is 14.2 Å². The first-order valence-corrected chi connectivity index (χ1v) is 7.94. The molecule has 0 amide bonds. The number of nitro benzene ring substituents is 1. The zero-order valence-corrected chi connectivity index (χ0v) is 15.0. The number of methoxy groups -OCH3 is 2. The van der Waals surface area contributed by atoms with Gasteiger partial charge in [0.1, 0.15) is 11.5 Å². The maximum Gasteiger partial charge on any atom is 0.310 e. The fraction of sp³-hybridized carbons (Fsp3) is 0.222. The molecule has 0 saturated carbocycles. The summed E-state index contributed by atoms with van der Waals surface area (Å²) in [4.78, 5) is 14.9. The van der Waals surface area contributed by atoms with Crippen molar-refractivity contribution in [3.05, 3.63) is 58.0 Å². The standard InChI is InChI=1S/C18H17N3O6/c1-11-4-7-14(21(22)23)16(8-11)26-10-17-19-18(20-27-17)13-6-5-12(24-2)9-15(13)25-3/h4-9H,10H2,1-3H3. The molecule has 9 nitrogen and oxygen atoms in total. The van der Waals surface area contributed by atoms with E-state index in [0.29, 0.717) is 22.9 Å². The molecule has 0 aliphatic carbocycles. The van der Waals surface area contributed by atoms with E-state index in [1.165, 1.54) is 13.2 Å². The van der Waals surface area contributed by atoms with Gasteiger partial charge in [-0.05, 0) is 30.7 Å². The minimum absolute atomic E-state index is 0.101. The quantitative estimate of drug-likeness (QED) is 0.458. The van der Waals surface area contributed by atoms with Crippen LogP contribution in [0.3, 0.4) is 0 Å². The molecule has 0 N–H and O–H groups in total. The molecule has 0 spiro atoms. The van der Waals surface area contributed by atoms with Crippen LogP contribution in [0, 0.1) is 17.0 Å². The molecule has 0 fully saturated rings. The molecule has 0 radical (unpaired) electrons. The summed E-state index contributed by atoms with van der Waals surface area (Å²) in [6, 6.07) is 9.83. The van der Waals surface area contributed by atoms with Gasteiger partial charge in [-0.15, -0.1) is 0 Å². The highest BCUT2D eigenvalue weighted by atomic mass is 16.6. The van der Waals surface area contributed by atoms with E-state index in [0.717, 1.165) is 5.56 Å². The maximum absolute atomic E-state index is 11.1. The Kier molecular flexibility index (Phi) is 5.20. The van der Waals surface area contributed by atoms with Crippen LogP contribution in [0.4, 0.5) is 5.69 Å². The molecule has 27 heavy (non-hydrogen) atoms. The summed E-state index contributed by atoms with van der Waals surface area (Å²) in [6.45, 7) is 1.72. The molecular formula is C18H17N3O6. The Bertz CT molecular complexity index is 969. The summed E-state index contributed by atoms with van der Waals surface area (Å²) in [5.41, 5.74) is 1.33. The van der Waals surface area contributed by atoms with E-state index in [1.807, 2.05) is 6.92 Å². The van der Waals surface area contributed by atoms with E-state index in [4.69, 9.17) is 18.7 Å². The number of rotatable bonds is 7. The fourth-order valence-corrected chi connectivity index (χ4v) is 2.43. The summed E-state index contributed by atoms with van der Waals surface area (Å²) in [5, 5.41) is 15.0. The Labute approximate surface area is 154 Å². The number of hydrogen-bond acceptors (Lipinski definition) is 8. The highest BCUT2D eigenvalue weighted by Gasteiger charge is 2.18. The fourth-order valence-electron chi connectivity index (χ4n) is 2.43. The molecule has 0 aliphatic rings. The average molecular weight is 371 g/mol. The maximum atomic E-state index is 11.1. The zero-order chi connectivity index (χ0) is 19.4. The Balaban J connectivity index is 1.80. The Morgan fingerprint density at radius 2 is 1.93 bits per heavy atom. The molecule has 9 heteroatoms. The van der Waals surface area contributed by atoms with E-state index in [2.05, 4.69) is 10.1 Å². The molecule has 1 aromatic heterocycles. The van der Waals surface area contributed by atoms with Crippen LogP contribution in [-0.4, -0.2) is 29.3 Å². The number of nitrogens with zero attached hydrogens (tertiary/aromatic N) is 3. The molecular weight excluding hydrogens is 354 g/mol. The summed E-state index contributed by atoms with van der Waals surface area (Å²) in [5.74, 6) is 1.79. The third kappa shape index (κ3) is 3.97. The SMILES string of the molecule is COc1ccc(-c2noc(COc3cc(C)ccc3[N+](=O)[O-])n2)c(OC)c1. The van der Waals surface area contributed by atoms with Gasteiger partial charge in [0.15, 0.2) is 12.4 Å². The summed E-state index contributed by atoms with van der Waals surface area (Å²) >= 11 is 0. The van der Waals surface area contributed by atoms with Crippen LogP contribution in [0.15, 0.2) is 40.9 Å². The van der Waals surface area contributed by atoms with Gasteiger partial charge in [-0.2, -0.15) is 4.98 Å². The second kappa shape index (κ2) is 7.73. The molecule has 0 atom stereocenters. The summed E-state index contributed by atoms with van der Waals surface area (Å²) in [6.07, 6.45) is 0. The smallest absolute Gasteiger partial charge is 0.310 e. The van der Waals surface area contributed by atoms with Gasteiger partial charge in [-0.25, -0.2) is 0 Å². The van der Waals surface area contributed by atoms with Crippen molar-refractivity contribution < 1.29 is 23.7 Å². The van der Waals surface area contributed by atoms with Gasteiger partial charge in [0, 0.05) is 12.1 Å². The molecule has 140 valence electrons. The largest absolute Gasteiger partial charge is 0.497 e. The lowest BCUT2D eigenvalue weighted by atomic mass is 10.2. The van der Waals surface area contributed by atoms with Crippen LogP contribution in [0.25, 0.3) is 11.4 Å². The number of benzene rings is 2. The van der Waals surface area contributed by atoms with E-state index in [-0.39, 0.29) is 23.9 Å². The monoisotopic (exact) mass is 371 g/mol. The van der Waals surface area contributed by atoms with Crippen molar-refractivity contribution in [3.63, 3.8) is 0 Å². The number of aromatic nitrogens is 2. The summed E-state index contributed by atoms with van der Waals surface area (Å²) in [7, 11) is 3.09. The lowest BCUT2D eigenvalue weighted by molar-refractivity contribution is -0.386. The first-order valence-electron chi connectivity index (χ1n) is 7.94. The minimum atomic E-state index is -0.504. The Morgan fingerprint density at radius 1 is 1.11 bits per heavy atom. The molecule has 0 bridgehead atoms. The highest BCUT2D eigenvalue weighted by Crippen LogP contribution is 2.32. The van der Waals surface area contributed by atoms with E-state index in [9.17, 15) is 10.1 Å². The zero-order valence-electron chi connectivity index (χ0n) is 15.0. The predicted molar refractivity (Wildman–Crippen MR) is 95.0 cm³/mol. The number of ether oxygens (including phenoxy) is 3. The van der Waals surface area contributed by atoms with Gasteiger partial charge >= 0.3 is 5.69 Å². The minimum Gasteiger partial charge on any atom is -0.497 e. The lowest BCUT2D eigenvalue weighted by Gasteiger charge is -2.07. The van der Waals surface area contributed by atoms with E-state index in [1.54, 1.807) is 37.4 Å². The molecule has 0 saturated heterocycles. The van der Waals surface area contributed by atoms with Crippen molar-refractivity contribution in [2.24, 2.45) is 0 Å². The third-order valence-electron chi connectivity index (χ3n) is 3.78. The van der Waals surface area contributed by atoms with Crippen LogP contribution >= 0.6 is 0 Å². The van der Waals surface area contributed by atoms with E-state index < -0.39 is 4.92 Å². The van der Waals surface area contributed by atoms with Gasteiger partial charge in [-0.3, -0.25) is 10.1 Å². The predicted octanol–water partition coefficient (Wildman–Crippen LogP) is 3.55. The Hall–Kier alpha value is -3.62. The van der Waals surface area contributed by atoms with Crippen LogP contribution in [0.2, 0.25) is 0 Å². The number of aryl methyl sites for hydroxylation is 1. The molecule has 3 aromatic rings. The van der Waals surface area contributed by atoms with E-state index >= 15 is 0 Å². The van der Waals surface area contributed by atoms with Crippen LogP contribution in [0.1, 0.15) is 11.5 Å². The topological polar surface area (TPSA) is 110 Å².